The van der Waals surface area contributed by atoms with Gasteiger partial charge in [0.2, 0.25) is 0 Å². The van der Waals surface area contributed by atoms with Crippen LogP contribution in [0.3, 0.4) is 0 Å². The monoisotopic (exact) mass is 251 g/mol. The molecule has 0 bridgehead atoms. The van der Waals surface area contributed by atoms with Gasteiger partial charge in [-0.05, 0) is 46.2 Å². The van der Waals surface area contributed by atoms with Crippen LogP contribution in [0.2, 0.25) is 0 Å². The topological polar surface area (TPSA) is 58.4 Å². The average Bonchev–Trinajstić information content (AvgIpc) is 2.82. The summed E-state index contributed by atoms with van der Waals surface area (Å²) in [5, 5.41) is 6.97. The number of aromatic nitrogens is 1. The van der Waals surface area contributed by atoms with Crippen LogP contribution >= 0.6 is 0 Å². The van der Waals surface area contributed by atoms with E-state index in [0.29, 0.717) is 17.5 Å². The Bertz CT molecular complexity index is 403. The molecule has 2 rings (SSSR count). The van der Waals surface area contributed by atoms with Gasteiger partial charge in [0.1, 0.15) is 5.76 Å². The van der Waals surface area contributed by atoms with Gasteiger partial charge in [0.25, 0.3) is 5.91 Å². The zero-order valence-corrected chi connectivity index (χ0v) is 11.1. The maximum atomic E-state index is 12.4. The Labute approximate surface area is 108 Å². The second-order valence-corrected chi connectivity index (χ2v) is 4.86. The number of hydrogen-bond acceptors (Lipinski definition) is 4. The van der Waals surface area contributed by atoms with E-state index in [1.807, 2.05) is 11.9 Å². The van der Waals surface area contributed by atoms with Crippen LogP contribution in [0.1, 0.15) is 41.9 Å². The first kappa shape index (κ1) is 13.1. The van der Waals surface area contributed by atoms with Gasteiger partial charge in [-0.2, -0.15) is 0 Å². The molecule has 1 aliphatic rings. The fourth-order valence-electron chi connectivity index (χ4n) is 2.49. The smallest absolute Gasteiger partial charge is 0.276 e. The van der Waals surface area contributed by atoms with Crippen LogP contribution in [0.4, 0.5) is 0 Å². The van der Waals surface area contributed by atoms with Gasteiger partial charge in [0, 0.05) is 18.7 Å². The Morgan fingerprint density at radius 2 is 2.44 bits per heavy atom. The Morgan fingerprint density at radius 1 is 1.61 bits per heavy atom. The molecule has 1 aromatic rings. The third-order valence-corrected chi connectivity index (χ3v) is 3.46. The Hall–Kier alpha value is -1.36. The zero-order valence-electron chi connectivity index (χ0n) is 11.1. The van der Waals surface area contributed by atoms with E-state index in [0.717, 1.165) is 32.4 Å². The highest BCUT2D eigenvalue weighted by molar-refractivity contribution is 5.92. The van der Waals surface area contributed by atoms with Crippen molar-refractivity contribution in [1.82, 2.24) is 15.4 Å². The van der Waals surface area contributed by atoms with Crippen molar-refractivity contribution >= 4 is 5.91 Å². The highest BCUT2D eigenvalue weighted by atomic mass is 16.5. The lowest BCUT2D eigenvalue weighted by atomic mass is 9.99. The third kappa shape index (κ3) is 2.90. The van der Waals surface area contributed by atoms with Crippen LogP contribution in [-0.4, -0.2) is 42.1 Å². The van der Waals surface area contributed by atoms with E-state index < -0.39 is 0 Å². The summed E-state index contributed by atoms with van der Waals surface area (Å²) in [4.78, 5) is 14.3. The molecule has 1 fully saturated rings. The van der Waals surface area contributed by atoms with Crippen LogP contribution in [0.5, 0.6) is 0 Å². The number of rotatable bonds is 4. The van der Waals surface area contributed by atoms with Gasteiger partial charge in [-0.15, -0.1) is 0 Å². The summed E-state index contributed by atoms with van der Waals surface area (Å²) in [6, 6.07) is 2.04. The van der Waals surface area contributed by atoms with E-state index in [9.17, 15) is 4.79 Å². The van der Waals surface area contributed by atoms with Gasteiger partial charge < -0.3 is 14.7 Å². The number of nitrogens with one attached hydrogen (secondary N) is 1. The molecule has 18 heavy (non-hydrogen) atoms. The van der Waals surface area contributed by atoms with Crippen LogP contribution in [0.25, 0.3) is 0 Å². The molecule has 100 valence electrons. The first-order valence-corrected chi connectivity index (χ1v) is 6.61. The molecule has 1 N–H and O–H groups in total. The van der Waals surface area contributed by atoms with E-state index in [1.165, 1.54) is 6.42 Å². The van der Waals surface area contributed by atoms with E-state index in [-0.39, 0.29) is 5.91 Å². The number of aryl methyl sites for hydroxylation is 1. The van der Waals surface area contributed by atoms with Crippen LogP contribution in [0.15, 0.2) is 10.6 Å². The molecule has 1 aromatic heterocycles. The van der Waals surface area contributed by atoms with Crippen molar-refractivity contribution in [1.29, 1.82) is 0 Å². The number of likely N-dealkylation sites (tertiary alicyclic amines) is 1. The van der Waals surface area contributed by atoms with E-state index >= 15 is 0 Å². The fourth-order valence-corrected chi connectivity index (χ4v) is 2.49. The molecule has 2 heterocycles. The molecule has 0 spiro atoms. The summed E-state index contributed by atoms with van der Waals surface area (Å²) >= 11 is 0. The van der Waals surface area contributed by atoms with Gasteiger partial charge >= 0.3 is 0 Å². The lowest BCUT2D eigenvalue weighted by Crippen LogP contribution is -2.44. The summed E-state index contributed by atoms with van der Waals surface area (Å²) in [5.41, 5.74) is 0.434. The standard InChI is InChI=1S/C13H21N3O2/c1-10-9-12(15-18-10)13(17)16-8-4-3-5-11(16)6-7-14-2/h9,11,14H,3-8H2,1-2H3. The predicted octanol–water partition coefficient (Wildman–Crippen LogP) is 1.59. The minimum absolute atomic E-state index is 0.00709. The van der Waals surface area contributed by atoms with Crippen molar-refractivity contribution in [3.63, 3.8) is 0 Å². The lowest BCUT2D eigenvalue weighted by molar-refractivity contribution is 0.0592. The van der Waals surface area contributed by atoms with Gasteiger partial charge in [0.15, 0.2) is 5.69 Å². The number of carbonyl (C=O) groups excluding carboxylic acids is 1. The number of amides is 1. The summed E-state index contributed by atoms with van der Waals surface area (Å²) in [5.74, 6) is 0.690. The Kier molecular flexibility index (Phi) is 4.36. The molecule has 0 saturated carbocycles. The van der Waals surface area contributed by atoms with Crippen molar-refractivity contribution in [2.75, 3.05) is 20.1 Å². The highest BCUT2D eigenvalue weighted by Gasteiger charge is 2.28. The van der Waals surface area contributed by atoms with Crippen molar-refractivity contribution < 1.29 is 9.32 Å². The summed E-state index contributed by atoms with van der Waals surface area (Å²) < 4.78 is 4.98. The molecule has 1 amide bonds. The maximum Gasteiger partial charge on any atom is 0.276 e. The zero-order chi connectivity index (χ0) is 13.0. The average molecular weight is 251 g/mol. The lowest BCUT2D eigenvalue weighted by Gasteiger charge is -2.35. The van der Waals surface area contributed by atoms with E-state index in [4.69, 9.17) is 4.52 Å². The van der Waals surface area contributed by atoms with E-state index in [1.54, 1.807) is 13.0 Å². The molecular weight excluding hydrogens is 230 g/mol. The summed E-state index contributed by atoms with van der Waals surface area (Å²) in [6.07, 6.45) is 4.37. The first-order valence-electron chi connectivity index (χ1n) is 6.61. The van der Waals surface area contributed by atoms with Gasteiger partial charge in [-0.25, -0.2) is 0 Å². The molecule has 5 heteroatoms. The molecule has 0 aromatic carbocycles. The Morgan fingerprint density at radius 3 is 3.11 bits per heavy atom. The number of piperidine rings is 1. The van der Waals surface area contributed by atoms with Crippen molar-refractivity contribution in [2.24, 2.45) is 0 Å². The minimum atomic E-state index is 0.00709. The normalized spacial score (nSPS) is 20.1. The molecule has 1 atom stereocenters. The highest BCUT2D eigenvalue weighted by Crippen LogP contribution is 2.21. The fraction of sp³-hybridized carbons (Fsp3) is 0.692. The molecule has 5 nitrogen and oxygen atoms in total. The molecule has 1 saturated heterocycles. The van der Waals surface area contributed by atoms with Crippen molar-refractivity contribution in [3.8, 4) is 0 Å². The number of hydrogen-bond donors (Lipinski definition) is 1. The van der Waals surface area contributed by atoms with Gasteiger partial charge in [-0.3, -0.25) is 4.79 Å². The second-order valence-electron chi connectivity index (χ2n) is 4.86. The first-order chi connectivity index (χ1) is 8.72. The quantitative estimate of drug-likeness (QED) is 0.882. The van der Waals surface area contributed by atoms with Crippen LogP contribution in [0, 0.1) is 6.92 Å². The SMILES string of the molecule is CNCCC1CCCCN1C(=O)c1cc(C)on1. The molecule has 1 aliphatic heterocycles. The molecular formula is C13H21N3O2. The molecule has 0 aliphatic carbocycles. The maximum absolute atomic E-state index is 12.4. The third-order valence-electron chi connectivity index (χ3n) is 3.46. The summed E-state index contributed by atoms with van der Waals surface area (Å²) in [7, 11) is 1.94. The second kappa shape index (κ2) is 6.00. The van der Waals surface area contributed by atoms with Crippen LogP contribution < -0.4 is 5.32 Å². The van der Waals surface area contributed by atoms with Crippen molar-refractivity contribution in [3.05, 3.63) is 17.5 Å². The number of carbonyl (C=O) groups is 1. The van der Waals surface area contributed by atoms with E-state index in [2.05, 4.69) is 10.5 Å². The molecule has 1 unspecified atom stereocenters. The summed E-state index contributed by atoms with van der Waals surface area (Å²) in [6.45, 7) is 3.57. The predicted molar refractivity (Wildman–Crippen MR) is 68.5 cm³/mol. The van der Waals surface area contributed by atoms with Gasteiger partial charge in [0.05, 0.1) is 0 Å². The van der Waals surface area contributed by atoms with Crippen LogP contribution in [-0.2, 0) is 0 Å². The van der Waals surface area contributed by atoms with Crippen molar-refractivity contribution in [2.45, 2.75) is 38.6 Å². The minimum Gasteiger partial charge on any atom is -0.361 e. The molecule has 0 radical (unpaired) electrons. The number of nitrogens with zero attached hydrogens (tertiary/aromatic N) is 2. The Balaban J connectivity index is 2.06. The van der Waals surface area contributed by atoms with Gasteiger partial charge in [-0.1, -0.05) is 5.16 Å². The largest absolute Gasteiger partial charge is 0.361 e.